The van der Waals surface area contributed by atoms with Gasteiger partial charge in [0.25, 0.3) is 6.71 Å². The molecule has 3 heterocycles. The highest BCUT2D eigenvalue weighted by atomic mass is 15.2. The molecule has 1 aromatic heterocycles. The molecule has 2 aliphatic heterocycles. The Labute approximate surface area is 280 Å². The minimum absolute atomic E-state index is 0.0348. The number of nitrogens with zero attached hydrogens (tertiary/aromatic N) is 2. The van der Waals surface area contributed by atoms with Gasteiger partial charge in [-0.25, -0.2) is 0 Å². The lowest BCUT2D eigenvalue weighted by molar-refractivity contribution is 0.590. The summed E-state index contributed by atoms with van der Waals surface area (Å²) in [5.74, 6) is 0. The summed E-state index contributed by atoms with van der Waals surface area (Å²) < 4.78 is 2.65. The van der Waals surface area contributed by atoms with Crippen molar-refractivity contribution in [3.63, 3.8) is 0 Å². The maximum absolute atomic E-state index is 2.65. The Kier molecular flexibility index (Phi) is 5.56. The Morgan fingerprint density at radius 1 is 0.638 bits per heavy atom. The fourth-order valence-corrected chi connectivity index (χ4v) is 8.97. The lowest BCUT2D eigenvalue weighted by Gasteiger charge is -2.41. The van der Waals surface area contributed by atoms with Gasteiger partial charge in [-0.2, -0.15) is 0 Å². The lowest BCUT2D eigenvalue weighted by atomic mass is 9.33. The predicted molar refractivity (Wildman–Crippen MR) is 202 cm³/mol. The number of aromatic nitrogens is 1. The number of rotatable bonds is 1. The highest BCUT2D eigenvalue weighted by Crippen LogP contribution is 2.54. The molecule has 0 atom stereocenters. The molecule has 3 heteroatoms. The van der Waals surface area contributed by atoms with Crippen LogP contribution in [0.4, 0.5) is 17.1 Å². The van der Waals surface area contributed by atoms with Crippen LogP contribution in [0.3, 0.4) is 0 Å². The fraction of sp³-hybridized carbons (Fsp3) is 0.273. The van der Waals surface area contributed by atoms with Crippen molar-refractivity contribution in [2.45, 2.75) is 78.6 Å². The first-order chi connectivity index (χ1) is 22.3. The topological polar surface area (TPSA) is 8.17 Å². The van der Waals surface area contributed by atoms with Gasteiger partial charge in [0.05, 0.1) is 5.69 Å². The van der Waals surface area contributed by atoms with Crippen LogP contribution in [0.25, 0.3) is 27.8 Å². The van der Waals surface area contributed by atoms with Crippen LogP contribution in [0.15, 0.2) is 97.1 Å². The van der Waals surface area contributed by atoms with Gasteiger partial charge in [0.15, 0.2) is 0 Å². The van der Waals surface area contributed by atoms with Gasteiger partial charge in [0.2, 0.25) is 0 Å². The summed E-state index contributed by atoms with van der Waals surface area (Å²) in [5, 5.41) is 1.39. The van der Waals surface area contributed by atoms with E-state index >= 15 is 0 Å². The van der Waals surface area contributed by atoms with Crippen molar-refractivity contribution in [3.05, 3.63) is 125 Å². The molecule has 0 radical (unpaired) electrons. The third kappa shape index (κ3) is 3.75. The van der Waals surface area contributed by atoms with Crippen molar-refractivity contribution in [2.24, 2.45) is 0 Å². The van der Waals surface area contributed by atoms with Crippen LogP contribution in [-0.2, 0) is 16.2 Å². The van der Waals surface area contributed by atoms with Crippen molar-refractivity contribution in [1.29, 1.82) is 0 Å². The average molecular weight is 611 g/mol. The zero-order chi connectivity index (χ0) is 32.8. The number of benzene rings is 5. The third-order valence-electron chi connectivity index (χ3n) is 11.3. The van der Waals surface area contributed by atoms with Gasteiger partial charge in [0, 0.05) is 44.6 Å². The normalized spacial score (nSPS) is 15.4. The summed E-state index contributed by atoms with van der Waals surface area (Å²) in [7, 11) is 0. The van der Waals surface area contributed by atoms with Crippen molar-refractivity contribution in [2.75, 3.05) is 4.90 Å². The van der Waals surface area contributed by atoms with E-state index in [9.17, 15) is 0 Å². The second kappa shape index (κ2) is 9.10. The quantitative estimate of drug-likeness (QED) is 0.168. The maximum atomic E-state index is 2.65. The highest BCUT2D eigenvalue weighted by Gasteiger charge is 2.47. The van der Waals surface area contributed by atoms with Crippen molar-refractivity contribution < 1.29 is 0 Å². The standard InChI is InChI=1S/C44H43BN2/c1-26-22-36-39-37(23-26)47-40-31(38-41(47)30-16-10-11-18-32(30)44(38,8)9)17-13-19-34(40)45(39)33-21-20-28(43(5,6)7)25-35(33)46(36)29-15-12-14-27(24-29)42(2,3)4/h10-25H,1-9H3. The van der Waals surface area contributed by atoms with Crippen LogP contribution in [-0.4, -0.2) is 11.3 Å². The number of fused-ring (bicyclic) bond motifs is 9. The average Bonchev–Trinajstić information content (AvgIpc) is 3.49. The number of hydrogen-bond donors (Lipinski definition) is 0. The van der Waals surface area contributed by atoms with E-state index in [1.54, 1.807) is 0 Å². The summed E-state index contributed by atoms with van der Waals surface area (Å²) in [6.07, 6.45) is 0. The van der Waals surface area contributed by atoms with E-state index in [2.05, 4.69) is 169 Å². The van der Waals surface area contributed by atoms with E-state index in [4.69, 9.17) is 0 Å². The van der Waals surface area contributed by atoms with E-state index in [-0.39, 0.29) is 23.0 Å². The summed E-state index contributed by atoms with van der Waals surface area (Å²) in [6, 6.07) is 37.6. The number of hydrogen-bond acceptors (Lipinski definition) is 1. The minimum atomic E-state index is -0.0835. The summed E-state index contributed by atoms with van der Waals surface area (Å²) in [6.45, 7) is 21.2. The number of para-hydroxylation sites is 1. The molecule has 0 unspecified atom stereocenters. The molecule has 6 aromatic rings. The van der Waals surface area contributed by atoms with Gasteiger partial charge in [-0.05, 0) is 92.3 Å². The molecule has 0 saturated carbocycles. The van der Waals surface area contributed by atoms with Gasteiger partial charge in [-0.15, -0.1) is 0 Å². The Balaban J connectivity index is 1.44. The van der Waals surface area contributed by atoms with Crippen LogP contribution in [0.2, 0.25) is 0 Å². The highest BCUT2D eigenvalue weighted by molar-refractivity contribution is 7.00. The molecular weight excluding hydrogens is 567 g/mol. The summed E-state index contributed by atoms with van der Waals surface area (Å²) in [5.41, 5.74) is 20.3. The molecule has 3 aliphatic rings. The van der Waals surface area contributed by atoms with E-state index in [0.29, 0.717) is 0 Å². The molecule has 232 valence electrons. The SMILES string of the molecule is Cc1cc2c3c(c1)-n1c4c(c5cccc(c51)B3c1ccc(C(C)(C)C)cc1N2c1cccc(C(C)(C)C)c1)C(C)(C)c1ccccc1-4. The molecule has 2 nitrogen and oxygen atoms in total. The maximum Gasteiger partial charge on any atom is 0.252 e. The largest absolute Gasteiger partial charge is 0.311 e. The molecule has 0 N–H and O–H groups in total. The van der Waals surface area contributed by atoms with E-state index in [0.717, 1.165) is 0 Å². The smallest absolute Gasteiger partial charge is 0.252 e. The van der Waals surface area contributed by atoms with E-state index < -0.39 is 0 Å². The van der Waals surface area contributed by atoms with Gasteiger partial charge in [0.1, 0.15) is 0 Å². The van der Waals surface area contributed by atoms with Gasteiger partial charge in [-0.3, -0.25) is 0 Å². The van der Waals surface area contributed by atoms with Gasteiger partial charge >= 0.3 is 0 Å². The van der Waals surface area contributed by atoms with Gasteiger partial charge in [-0.1, -0.05) is 122 Å². The van der Waals surface area contributed by atoms with E-state index in [1.165, 1.54) is 89.1 Å². The first kappa shape index (κ1) is 28.7. The Hall–Kier alpha value is -4.50. The third-order valence-corrected chi connectivity index (χ3v) is 11.3. The van der Waals surface area contributed by atoms with Crippen LogP contribution < -0.4 is 21.3 Å². The Bertz CT molecular complexity index is 2320. The molecule has 0 amide bonds. The second-order valence-corrected chi connectivity index (χ2v) is 16.8. The Morgan fingerprint density at radius 2 is 1.34 bits per heavy atom. The Morgan fingerprint density at radius 3 is 2.11 bits per heavy atom. The predicted octanol–water partition coefficient (Wildman–Crippen LogP) is 9.45. The molecule has 0 saturated heterocycles. The summed E-state index contributed by atoms with van der Waals surface area (Å²) >= 11 is 0. The van der Waals surface area contributed by atoms with Crippen molar-refractivity contribution in [1.82, 2.24) is 4.57 Å². The first-order valence-corrected chi connectivity index (χ1v) is 17.2. The molecule has 1 aliphatic carbocycles. The van der Waals surface area contributed by atoms with Crippen molar-refractivity contribution in [3.8, 4) is 16.9 Å². The van der Waals surface area contributed by atoms with Crippen molar-refractivity contribution >= 4 is 51.1 Å². The van der Waals surface area contributed by atoms with Gasteiger partial charge < -0.3 is 9.47 Å². The van der Waals surface area contributed by atoms with E-state index in [1.807, 2.05) is 0 Å². The van der Waals surface area contributed by atoms with Crippen LogP contribution in [0.5, 0.6) is 0 Å². The fourth-order valence-electron chi connectivity index (χ4n) is 8.97. The monoisotopic (exact) mass is 610 g/mol. The summed E-state index contributed by atoms with van der Waals surface area (Å²) in [4.78, 5) is 2.58. The molecule has 0 spiro atoms. The van der Waals surface area contributed by atoms with Crippen LogP contribution in [0.1, 0.15) is 83.2 Å². The molecule has 0 fully saturated rings. The van der Waals surface area contributed by atoms with Crippen LogP contribution in [0, 0.1) is 6.92 Å². The second-order valence-electron chi connectivity index (χ2n) is 16.8. The minimum Gasteiger partial charge on any atom is -0.311 e. The van der Waals surface area contributed by atoms with Crippen LogP contribution >= 0.6 is 0 Å². The molecule has 9 rings (SSSR count). The molecule has 0 bridgehead atoms. The zero-order valence-electron chi connectivity index (χ0n) is 29.2. The molecule has 47 heavy (non-hydrogen) atoms. The number of anilines is 3. The molecule has 5 aromatic carbocycles. The lowest BCUT2D eigenvalue weighted by Crippen LogP contribution is -2.60. The number of aryl methyl sites for hydroxylation is 1. The molecular formula is C44H43BN2. The first-order valence-electron chi connectivity index (χ1n) is 17.2. The zero-order valence-corrected chi connectivity index (χ0v) is 29.2.